The van der Waals surface area contributed by atoms with Gasteiger partial charge in [0.2, 0.25) is 11.8 Å². The summed E-state index contributed by atoms with van der Waals surface area (Å²) in [6.45, 7) is 22.2. The molecule has 14 nitrogen and oxygen atoms in total. The summed E-state index contributed by atoms with van der Waals surface area (Å²) in [5.41, 5.74) is -0.354. The van der Waals surface area contributed by atoms with Gasteiger partial charge in [0.25, 0.3) is 5.91 Å². The van der Waals surface area contributed by atoms with Gasteiger partial charge in [-0.15, -0.1) is 0 Å². The van der Waals surface area contributed by atoms with Crippen molar-refractivity contribution in [1.82, 2.24) is 26.6 Å². The van der Waals surface area contributed by atoms with Crippen LogP contribution < -0.4 is 26.6 Å². The number of esters is 1. The van der Waals surface area contributed by atoms with Crippen LogP contribution in [0.3, 0.4) is 0 Å². The Balaban J connectivity index is 5.86. The standard InChI is InChI=1S/C32H59N5O9Si/c1-19(2)23(35-28(40)24(20(3)4)37-31(43)45-17-18-47(11,12)13)27(39)34-22(15-14-16-33-30(42)46-32(7,8)9)26(38)36-25(21(5)6)29(41)44-10/h20-22,24-25H,14-18H2,1-13H3,(H,33,42)(H,34,39)(H,35,40)(H,36,38)(H,37,43)/t22-,24+,25-/m1/s1. The van der Waals surface area contributed by atoms with Crippen LogP contribution in [-0.4, -0.2) is 87.9 Å². The molecule has 0 unspecified atom stereocenters. The first-order valence-electron chi connectivity index (χ1n) is 16.1. The smallest absolute Gasteiger partial charge is 0.407 e. The van der Waals surface area contributed by atoms with Crippen molar-refractivity contribution in [2.24, 2.45) is 11.8 Å². The zero-order chi connectivity index (χ0) is 36.7. The van der Waals surface area contributed by atoms with Crippen LogP contribution in [0.25, 0.3) is 0 Å². The molecule has 0 aromatic carbocycles. The Bertz CT molecular complexity index is 1120. The second-order valence-electron chi connectivity index (χ2n) is 14.5. The van der Waals surface area contributed by atoms with Gasteiger partial charge in [-0.2, -0.15) is 0 Å². The van der Waals surface area contributed by atoms with E-state index in [1.807, 2.05) is 0 Å². The van der Waals surface area contributed by atoms with Crippen molar-refractivity contribution in [3.63, 3.8) is 0 Å². The number of nitrogens with one attached hydrogen (secondary N) is 5. The number of methoxy groups -OCH3 is 1. The molecule has 3 atom stereocenters. The van der Waals surface area contributed by atoms with E-state index in [0.29, 0.717) is 5.57 Å². The van der Waals surface area contributed by atoms with Gasteiger partial charge < -0.3 is 40.8 Å². The molecule has 0 aromatic rings. The lowest BCUT2D eigenvalue weighted by Gasteiger charge is -2.26. The normalized spacial score (nSPS) is 13.4. The van der Waals surface area contributed by atoms with Crippen LogP contribution in [-0.2, 0) is 33.4 Å². The summed E-state index contributed by atoms with van der Waals surface area (Å²) >= 11 is 0. The first kappa shape index (κ1) is 43.4. The Morgan fingerprint density at radius 1 is 0.787 bits per heavy atom. The van der Waals surface area contributed by atoms with Crippen molar-refractivity contribution in [2.45, 2.75) is 125 Å². The fourth-order valence-electron chi connectivity index (χ4n) is 3.95. The Kier molecular flexibility index (Phi) is 18.4. The molecule has 5 amide bonds. The molecule has 270 valence electrons. The van der Waals surface area contributed by atoms with Crippen LogP contribution in [0.1, 0.15) is 75.2 Å². The van der Waals surface area contributed by atoms with Gasteiger partial charge in [-0.1, -0.05) is 47.3 Å². The summed E-state index contributed by atoms with van der Waals surface area (Å²) in [5.74, 6) is -3.34. The molecular formula is C32H59N5O9Si. The number of ether oxygens (including phenoxy) is 3. The van der Waals surface area contributed by atoms with Gasteiger partial charge in [0, 0.05) is 14.6 Å². The molecule has 0 aromatic heterocycles. The highest BCUT2D eigenvalue weighted by molar-refractivity contribution is 6.76. The maximum Gasteiger partial charge on any atom is 0.407 e. The molecule has 0 rings (SSSR count). The van der Waals surface area contributed by atoms with Crippen LogP contribution in [0, 0.1) is 11.8 Å². The molecule has 0 spiro atoms. The summed E-state index contributed by atoms with van der Waals surface area (Å²) in [5, 5.41) is 13.1. The second kappa shape index (κ2) is 19.9. The zero-order valence-electron chi connectivity index (χ0n) is 30.6. The Labute approximate surface area is 281 Å². The van der Waals surface area contributed by atoms with E-state index in [9.17, 15) is 28.8 Å². The number of carbonyl (C=O) groups excluding carboxylic acids is 6. The molecule has 0 fully saturated rings. The fraction of sp³-hybridized carbons (Fsp3) is 0.750. The van der Waals surface area contributed by atoms with E-state index in [0.717, 1.165) is 6.04 Å². The second-order valence-corrected chi connectivity index (χ2v) is 20.1. The third-order valence-electron chi connectivity index (χ3n) is 6.66. The van der Waals surface area contributed by atoms with E-state index >= 15 is 0 Å². The molecule has 0 heterocycles. The largest absolute Gasteiger partial charge is 0.467 e. The van der Waals surface area contributed by atoms with E-state index in [4.69, 9.17) is 14.2 Å². The highest BCUT2D eigenvalue weighted by Gasteiger charge is 2.32. The quantitative estimate of drug-likeness (QED) is 0.0501. The summed E-state index contributed by atoms with van der Waals surface area (Å²) in [4.78, 5) is 77.1. The number of alkyl carbamates (subject to hydrolysis) is 2. The van der Waals surface area contributed by atoms with E-state index in [1.165, 1.54) is 7.11 Å². The lowest BCUT2D eigenvalue weighted by atomic mass is 10.0. The first-order valence-corrected chi connectivity index (χ1v) is 19.8. The van der Waals surface area contributed by atoms with E-state index in [1.54, 1.807) is 62.3 Å². The molecular weight excluding hydrogens is 626 g/mol. The molecule has 0 aliphatic rings. The number of rotatable bonds is 17. The number of hydrogen-bond acceptors (Lipinski definition) is 9. The van der Waals surface area contributed by atoms with Gasteiger partial charge >= 0.3 is 18.2 Å². The third kappa shape index (κ3) is 18.3. The molecule has 47 heavy (non-hydrogen) atoms. The lowest BCUT2D eigenvalue weighted by Crippen LogP contribution is -2.55. The SMILES string of the molecule is COC(=O)[C@H](NC(=O)[C@@H](CCCNC(=O)OC(C)(C)C)NC(=O)C(NC(=O)[C@@H](NC(=O)OCC[Si](C)(C)C)C(C)C)=C(C)C)C(C)C. The number of hydrogen-bond donors (Lipinski definition) is 5. The van der Waals surface area contributed by atoms with Gasteiger partial charge in [0.1, 0.15) is 29.4 Å². The predicted molar refractivity (Wildman–Crippen MR) is 182 cm³/mol. The van der Waals surface area contributed by atoms with E-state index in [2.05, 4.69) is 46.2 Å². The maximum absolute atomic E-state index is 13.5. The minimum absolute atomic E-state index is 0.0722. The monoisotopic (exact) mass is 685 g/mol. The minimum atomic E-state index is -1.43. The lowest BCUT2D eigenvalue weighted by molar-refractivity contribution is -0.146. The molecule has 0 radical (unpaired) electrons. The van der Waals surface area contributed by atoms with Crippen LogP contribution in [0.5, 0.6) is 0 Å². The Morgan fingerprint density at radius 2 is 1.36 bits per heavy atom. The van der Waals surface area contributed by atoms with Crippen molar-refractivity contribution in [2.75, 3.05) is 20.3 Å². The van der Waals surface area contributed by atoms with Gasteiger partial charge in [0.05, 0.1) is 13.7 Å². The summed E-state index contributed by atoms with van der Waals surface area (Å²) < 4.78 is 15.3. The van der Waals surface area contributed by atoms with Gasteiger partial charge in [-0.3, -0.25) is 14.4 Å². The predicted octanol–water partition coefficient (Wildman–Crippen LogP) is 3.59. The number of allylic oxidation sites excluding steroid dienone is 1. The number of amides is 5. The van der Waals surface area contributed by atoms with E-state index in [-0.39, 0.29) is 43.5 Å². The Morgan fingerprint density at radius 3 is 1.83 bits per heavy atom. The Hall–Kier alpha value is -3.62. The van der Waals surface area contributed by atoms with E-state index < -0.39 is 67.7 Å². The molecule has 5 N–H and O–H groups in total. The summed E-state index contributed by atoms with van der Waals surface area (Å²) in [6.07, 6.45) is -1.03. The zero-order valence-corrected chi connectivity index (χ0v) is 31.6. The van der Waals surface area contributed by atoms with Crippen LogP contribution in [0.2, 0.25) is 25.7 Å². The van der Waals surface area contributed by atoms with Crippen LogP contribution in [0.4, 0.5) is 9.59 Å². The van der Waals surface area contributed by atoms with Gasteiger partial charge in [-0.05, 0) is 70.9 Å². The maximum atomic E-state index is 13.5. The average Bonchev–Trinajstić information content (AvgIpc) is 2.91. The van der Waals surface area contributed by atoms with Crippen molar-refractivity contribution in [1.29, 1.82) is 0 Å². The van der Waals surface area contributed by atoms with Crippen molar-refractivity contribution in [3.8, 4) is 0 Å². The van der Waals surface area contributed by atoms with Crippen molar-refractivity contribution >= 4 is 44.0 Å². The summed E-state index contributed by atoms with van der Waals surface area (Å²) in [7, 11) is -0.224. The topological polar surface area (TPSA) is 190 Å². The van der Waals surface area contributed by atoms with Gasteiger partial charge in [-0.25, -0.2) is 14.4 Å². The van der Waals surface area contributed by atoms with Crippen LogP contribution in [0.15, 0.2) is 11.3 Å². The number of carbonyl (C=O) groups is 6. The molecule has 0 saturated carbocycles. The highest BCUT2D eigenvalue weighted by atomic mass is 28.3. The molecule has 0 saturated heterocycles. The fourth-order valence-corrected chi connectivity index (χ4v) is 4.67. The van der Waals surface area contributed by atoms with Gasteiger partial charge in [0.15, 0.2) is 0 Å². The average molecular weight is 686 g/mol. The minimum Gasteiger partial charge on any atom is -0.467 e. The van der Waals surface area contributed by atoms with Crippen molar-refractivity contribution in [3.05, 3.63) is 11.3 Å². The molecule has 0 aliphatic heterocycles. The summed E-state index contributed by atoms with van der Waals surface area (Å²) in [6, 6.07) is -2.37. The third-order valence-corrected chi connectivity index (χ3v) is 8.37. The van der Waals surface area contributed by atoms with Crippen LogP contribution >= 0.6 is 0 Å². The molecule has 0 aliphatic carbocycles. The van der Waals surface area contributed by atoms with Crippen molar-refractivity contribution < 1.29 is 43.0 Å². The molecule has 15 heteroatoms. The molecule has 0 bridgehead atoms. The highest BCUT2D eigenvalue weighted by Crippen LogP contribution is 2.11. The first-order chi connectivity index (χ1) is 21.5.